The molecule has 0 bridgehead atoms. The molecular formula is C2H12N2O5P+. The highest BCUT2D eigenvalue weighted by Crippen LogP contribution is 1.98. The lowest BCUT2D eigenvalue weighted by molar-refractivity contribution is 0.307. The molecule has 0 aliphatic rings. The SMILES string of the molecule is NCO.NCO.O=[P+](O)O. The van der Waals surface area contributed by atoms with E-state index in [1.165, 1.54) is 0 Å². The van der Waals surface area contributed by atoms with Crippen LogP contribution in [0.3, 0.4) is 0 Å². The molecule has 0 saturated carbocycles. The molecule has 0 spiro atoms. The van der Waals surface area contributed by atoms with Gasteiger partial charge in [-0.15, -0.1) is 9.79 Å². The third kappa shape index (κ3) is 18900. The average Bonchev–Trinajstić information content (AvgIpc) is 1.65. The quantitative estimate of drug-likeness (QED) is 0.175. The van der Waals surface area contributed by atoms with E-state index >= 15 is 0 Å². The lowest BCUT2D eigenvalue weighted by atomic mass is 11.4. The Kier molecular flexibility index (Phi) is 38.1. The molecule has 0 aliphatic carbocycles. The minimum Gasteiger partial charge on any atom is -0.382 e. The van der Waals surface area contributed by atoms with Crippen LogP contribution >= 0.6 is 8.25 Å². The fraction of sp³-hybridized carbons (Fsp3) is 1.00. The first-order valence-electron chi connectivity index (χ1n) is 2.03. The van der Waals surface area contributed by atoms with Gasteiger partial charge in [0.1, 0.15) is 0 Å². The second kappa shape index (κ2) is 23.2. The molecule has 8 N–H and O–H groups in total. The first-order chi connectivity index (χ1) is 4.56. The highest BCUT2D eigenvalue weighted by Gasteiger charge is 1.93. The predicted octanol–water partition coefficient (Wildman–Crippen LogP) is -2.58. The summed E-state index contributed by atoms with van der Waals surface area (Å²) >= 11 is 0. The number of hydrogen-bond donors (Lipinski definition) is 6. The number of nitrogens with two attached hydrogens (primary N) is 2. The number of aliphatic hydroxyl groups is 2. The molecule has 0 saturated heterocycles. The molecule has 0 aromatic rings. The standard InChI is InChI=1S/2CH5NO.HO3P/c2*2-1-3;1-4(2)3/h2*3H,1-2H2;(H-,1,2,3)/p+1. The topological polar surface area (TPSA) is 150 Å². The molecule has 0 amide bonds. The Hall–Kier alpha value is -0.140. The Bertz CT molecular complexity index is 55.6. The maximum Gasteiger partial charge on any atom is 0.692 e. The zero-order valence-electron chi connectivity index (χ0n) is 5.21. The summed E-state index contributed by atoms with van der Waals surface area (Å²) in [5.41, 5.74) is 8.81. The van der Waals surface area contributed by atoms with Crippen LogP contribution in [-0.2, 0) is 4.57 Å². The molecule has 0 heterocycles. The second-order valence-electron chi connectivity index (χ2n) is 0.618. The third-order valence-electron chi connectivity index (χ3n) is 0. The van der Waals surface area contributed by atoms with E-state index in [0.717, 1.165) is 0 Å². The van der Waals surface area contributed by atoms with Gasteiger partial charge in [0.2, 0.25) is 0 Å². The summed E-state index contributed by atoms with van der Waals surface area (Å²) in [6.45, 7) is -0.500. The number of hydrogen-bond acceptors (Lipinski definition) is 5. The molecular weight excluding hydrogens is 163 g/mol. The van der Waals surface area contributed by atoms with Crippen LogP contribution in [0.1, 0.15) is 0 Å². The van der Waals surface area contributed by atoms with Crippen LogP contribution in [0.2, 0.25) is 0 Å². The lowest BCUT2D eigenvalue weighted by Gasteiger charge is -1.56. The van der Waals surface area contributed by atoms with Gasteiger partial charge in [0.15, 0.2) is 0 Å². The number of aliphatic hydroxyl groups excluding tert-OH is 2. The summed E-state index contributed by atoms with van der Waals surface area (Å²) in [6.07, 6.45) is 0. The Morgan fingerprint density at radius 3 is 1.10 bits per heavy atom. The highest BCUT2D eigenvalue weighted by atomic mass is 31.1. The van der Waals surface area contributed by atoms with E-state index in [9.17, 15) is 0 Å². The Morgan fingerprint density at radius 1 is 1.10 bits per heavy atom. The van der Waals surface area contributed by atoms with Gasteiger partial charge in [-0.3, -0.25) is 0 Å². The van der Waals surface area contributed by atoms with Crippen molar-refractivity contribution in [3.63, 3.8) is 0 Å². The average molecular weight is 175 g/mol. The summed E-state index contributed by atoms with van der Waals surface area (Å²) in [6, 6.07) is 0. The van der Waals surface area contributed by atoms with Gasteiger partial charge in [-0.25, -0.2) is 0 Å². The third-order valence-corrected chi connectivity index (χ3v) is 0. The van der Waals surface area contributed by atoms with Crippen molar-refractivity contribution >= 4 is 8.25 Å². The summed E-state index contributed by atoms with van der Waals surface area (Å²) < 4.78 is 8.70. The van der Waals surface area contributed by atoms with E-state index < -0.39 is 8.25 Å². The molecule has 8 heteroatoms. The van der Waals surface area contributed by atoms with Gasteiger partial charge in [-0.1, -0.05) is 0 Å². The van der Waals surface area contributed by atoms with Crippen LogP contribution in [0.15, 0.2) is 0 Å². The molecule has 0 aliphatic heterocycles. The van der Waals surface area contributed by atoms with Gasteiger partial charge in [0.25, 0.3) is 0 Å². The molecule has 0 fully saturated rings. The van der Waals surface area contributed by atoms with Crippen molar-refractivity contribution < 1.29 is 24.6 Å². The number of rotatable bonds is 0. The molecule has 7 nitrogen and oxygen atoms in total. The van der Waals surface area contributed by atoms with Crippen molar-refractivity contribution in [1.82, 2.24) is 0 Å². The summed E-state index contributed by atoms with van der Waals surface area (Å²) in [5.74, 6) is 0. The van der Waals surface area contributed by atoms with Crippen LogP contribution in [0.25, 0.3) is 0 Å². The largest absolute Gasteiger partial charge is 0.692 e. The molecule has 0 unspecified atom stereocenters. The minimum absolute atomic E-state index is 0.250. The van der Waals surface area contributed by atoms with E-state index in [2.05, 4.69) is 11.5 Å². The van der Waals surface area contributed by atoms with Gasteiger partial charge in [0.05, 0.1) is 13.5 Å². The van der Waals surface area contributed by atoms with E-state index in [1.807, 2.05) is 0 Å². The predicted molar refractivity (Wildman–Crippen MR) is 34.6 cm³/mol. The van der Waals surface area contributed by atoms with E-state index in [-0.39, 0.29) is 13.5 Å². The maximum atomic E-state index is 8.70. The summed E-state index contributed by atoms with van der Waals surface area (Å²) in [4.78, 5) is 14.2. The Labute approximate surface area is 58.9 Å². The molecule has 10 heavy (non-hydrogen) atoms. The van der Waals surface area contributed by atoms with Gasteiger partial charge in [0, 0.05) is 4.57 Å². The molecule has 64 valence electrons. The molecule has 0 atom stereocenters. The summed E-state index contributed by atoms with van der Waals surface area (Å²) in [5, 5.41) is 14.7. The zero-order valence-corrected chi connectivity index (χ0v) is 6.11. The molecule has 0 rings (SSSR count). The van der Waals surface area contributed by atoms with Crippen LogP contribution in [-0.4, -0.2) is 33.5 Å². The fourth-order valence-electron chi connectivity index (χ4n) is 0. The molecule has 0 aromatic carbocycles. The van der Waals surface area contributed by atoms with E-state index in [1.54, 1.807) is 0 Å². The second-order valence-corrected chi connectivity index (χ2v) is 1.12. The molecule has 0 radical (unpaired) electrons. The lowest BCUT2D eigenvalue weighted by Crippen LogP contribution is -1.92. The maximum absolute atomic E-state index is 8.70. The van der Waals surface area contributed by atoms with Crippen LogP contribution in [0, 0.1) is 0 Å². The highest BCUT2D eigenvalue weighted by molar-refractivity contribution is 7.30. The Balaban J connectivity index is -0.0000000750. The fourth-order valence-corrected chi connectivity index (χ4v) is 0. The first-order valence-corrected chi connectivity index (χ1v) is 3.20. The van der Waals surface area contributed by atoms with Crippen LogP contribution in [0.5, 0.6) is 0 Å². The normalized spacial score (nSPS) is 6.20. The van der Waals surface area contributed by atoms with Crippen molar-refractivity contribution in [2.75, 3.05) is 13.5 Å². The van der Waals surface area contributed by atoms with E-state index in [4.69, 9.17) is 24.6 Å². The molecule has 0 aromatic heterocycles. The first kappa shape index (κ1) is 16.4. The zero-order chi connectivity index (χ0) is 8.99. The minimum atomic E-state index is -2.87. The monoisotopic (exact) mass is 175 g/mol. The van der Waals surface area contributed by atoms with Crippen molar-refractivity contribution in [1.29, 1.82) is 0 Å². The van der Waals surface area contributed by atoms with Gasteiger partial charge in [-0.2, -0.15) is 0 Å². The smallest absolute Gasteiger partial charge is 0.382 e. The Morgan fingerprint density at radius 2 is 1.10 bits per heavy atom. The van der Waals surface area contributed by atoms with Gasteiger partial charge in [-0.05, 0) is 0 Å². The van der Waals surface area contributed by atoms with Gasteiger partial charge < -0.3 is 21.7 Å². The van der Waals surface area contributed by atoms with Crippen molar-refractivity contribution in [2.45, 2.75) is 0 Å². The van der Waals surface area contributed by atoms with Crippen molar-refractivity contribution in [3.8, 4) is 0 Å². The van der Waals surface area contributed by atoms with Gasteiger partial charge >= 0.3 is 8.25 Å². The van der Waals surface area contributed by atoms with Crippen LogP contribution < -0.4 is 11.5 Å². The van der Waals surface area contributed by atoms with Crippen molar-refractivity contribution in [3.05, 3.63) is 0 Å². The van der Waals surface area contributed by atoms with E-state index in [0.29, 0.717) is 0 Å². The summed E-state index contributed by atoms with van der Waals surface area (Å²) in [7, 11) is -2.87. The van der Waals surface area contributed by atoms with Crippen LogP contribution in [0.4, 0.5) is 0 Å². The van der Waals surface area contributed by atoms with Crippen molar-refractivity contribution in [2.24, 2.45) is 11.5 Å².